The van der Waals surface area contributed by atoms with Gasteiger partial charge in [-0.3, -0.25) is 9.69 Å². The average molecular weight is 762 g/mol. The highest BCUT2D eigenvalue weighted by atomic mass is 16.7. The molecule has 0 amide bonds. The number of aliphatic hydroxyl groups is 2. The van der Waals surface area contributed by atoms with Gasteiger partial charge < -0.3 is 29.2 Å². The van der Waals surface area contributed by atoms with Crippen molar-refractivity contribution in [2.75, 3.05) is 19.7 Å². The Bertz CT molecular complexity index is 1640. The highest BCUT2D eigenvalue weighted by molar-refractivity contribution is 5.66. The van der Waals surface area contributed by atoms with E-state index in [4.69, 9.17) is 18.9 Å². The molecule has 2 aliphatic heterocycles. The van der Waals surface area contributed by atoms with E-state index >= 15 is 0 Å². The third-order valence-corrected chi connectivity index (χ3v) is 18.2. The van der Waals surface area contributed by atoms with Crippen LogP contribution in [0.1, 0.15) is 121 Å². The number of rotatable bonds is 7. The smallest absolute Gasteiger partial charge is 0.303 e. The van der Waals surface area contributed by atoms with Gasteiger partial charge in [0.05, 0.1) is 43.2 Å². The maximum Gasteiger partial charge on any atom is 0.303 e. The number of allylic oxidation sites excluding steroid dienone is 6. The number of ether oxygens (including phenoxy) is 4. The van der Waals surface area contributed by atoms with Crippen molar-refractivity contribution in [3.8, 4) is 0 Å². The zero-order valence-corrected chi connectivity index (χ0v) is 35.5. The van der Waals surface area contributed by atoms with Gasteiger partial charge in [0, 0.05) is 24.9 Å². The van der Waals surface area contributed by atoms with Gasteiger partial charge in [-0.2, -0.15) is 0 Å². The van der Waals surface area contributed by atoms with Gasteiger partial charge in [-0.05, 0) is 130 Å². The van der Waals surface area contributed by atoms with Crippen LogP contribution in [0.3, 0.4) is 0 Å². The van der Waals surface area contributed by atoms with Gasteiger partial charge in [0.15, 0.2) is 11.9 Å². The third kappa shape index (κ3) is 5.68. The molecule has 2 N–H and O–H groups in total. The summed E-state index contributed by atoms with van der Waals surface area (Å²) in [7, 11) is 0. The number of aliphatic hydroxyl groups excluding tert-OH is 1. The Morgan fingerprint density at radius 3 is 2.36 bits per heavy atom. The summed E-state index contributed by atoms with van der Waals surface area (Å²) in [5.41, 5.74) is 0.122. The largest absolute Gasteiger partial charge is 0.457 e. The number of fused-ring (bicyclic) bond motifs is 4. The summed E-state index contributed by atoms with van der Waals surface area (Å²) in [4.78, 5) is 14.6. The average Bonchev–Trinajstić information content (AvgIpc) is 3.58. The standard InChI is InChI=1S/C47H71NO7/c1-29(32-16-14-12-11-13-15-17-32)48-26-27-52-44(9,28-48)55-37-22-23-46-30(2)47(46)25-24-43(8)33-18-19-34(40(42(6,7)51)53-31(3)49)54-38(33)39(50)45(43,10)36(47)21-20-35(46)41(37,4)5/h11-17,29-30,33-40,50-51H,18-28H2,1-10H3/b12-11-,13-11?,14-12?,15-13-,16-14-,17-15?,32-16?,32-17+/t29-,30+,33-,34?,35-,36?,37-,38?,39-,40-,43+,44-,45+,46+,47-/m0/s1. The van der Waals surface area contributed by atoms with Crippen LogP contribution in [-0.2, 0) is 23.7 Å². The number of carbonyl (C=O) groups excluding carboxylic acids is 1. The summed E-state index contributed by atoms with van der Waals surface area (Å²) in [5.74, 6) is 0.690. The van der Waals surface area contributed by atoms with Crippen molar-refractivity contribution in [3.63, 3.8) is 0 Å². The van der Waals surface area contributed by atoms with Crippen molar-refractivity contribution < 1.29 is 34.0 Å². The summed E-state index contributed by atoms with van der Waals surface area (Å²) >= 11 is 0. The molecule has 3 unspecified atom stereocenters. The van der Waals surface area contributed by atoms with Crippen molar-refractivity contribution in [1.29, 1.82) is 0 Å². The van der Waals surface area contributed by atoms with Crippen molar-refractivity contribution in [2.24, 2.45) is 50.7 Å². The van der Waals surface area contributed by atoms with Crippen LogP contribution < -0.4 is 0 Å². The van der Waals surface area contributed by atoms with Crippen molar-refractivity contribution in [3.05, 3.63) is 48.1 Å². The van der Waals surface area contributed by atoms with E-state index in [1.54, 1.807) is 13.8 Å². The predicted molar refractivity (Wildman–Crippen MR) is 214 cm³/mol. The number of hydrogen-bond acceptors (Lipinski definition) is 8. The molecule has 0 aromatic carbocycles. The van der Waals surface area contributed by atoms with Gasteiger partial charge in [-0.15, -0.1) is 0 Å². The lowest BCUT2D eigenvalue weighted by Gasteiger charge is -2.63. The monoisotopic (exact) mass is 762 g/mol. The van der Waals surface area contributed by atoms with E-state index in [9.17, 15) is 15.0 Å². The number of morpholine rings is 1. The Balaban J connectivity index is 1.01. The second kappa shape index (κ2) is 13.4. The van der Waals surface area contributed by atoms with Crippen LogP contribution >= 0.6 is 0 Å². The van der Waals surface area contributed by atoms with Crippen molar-refractivity contribution in [2.45, 2.75) is 169 Å². The first-order valence-corrected chi connectivity index (χ1v) is 21.8. The molecule has 8 aliphatic rings. The second-order valence-electron chi connectivity index (χ2n) is 21.0. The van der Waals surface area contributed by atoms with E-state index in [1.807, 2.05) is 0 Å². The van der Waals surface area contributed by atoms with Gasteiger partial charge in [-0.25, -0.2) is 0 Å². The Kier molecular flexibility index (Phi) is 9.71. The Labute approximate surface area is 331 Å². The zero-order chi connectivity index (χ0) is 39.6. The zero-order valence-electron chi connectivity index (χ0n) is 35.5. The lowest BCUT2D eigenvalue weighted by Crippen LogP contribution is -2.61. The molecule has 0 radical (unpaired) electrons. The van der Waals surface area contributed by atoms with Gasteiger partial charge in [-0.1, -0.05) is 77.2 Å². The summed E-state index contributed by atoms with van der Waals surface area (Å²) < 4.78 is 26.3. The molecule has 0 bridgehead atoms. The predicted octanol–water partition coefficient (Wildman–Crippen LogP) is 7.93. The maximum absolute atomic E-state index is 12.7. The molecule has 6 aliphatic carbocycles. The lowest BCUT2D eigenvalue weighted by atomic mass is 9.41. The number of nitrogens with zero attached hydrogens (tertiary/aromatic N) is 1. The first-order chi connectivity index (χ1) is 25.8. The van der Waals surface area contributed by atoms with E-state index in [2.05, 4.69) is 95.9 Å². The van der Waals surface area contributed by atoms with Gasteiger partial charge in [0.25, 0.3) is 0 Å². The minimum absolute atomic E-state index is 0.0216. The molecular formula is C47H71NO7. The molecule has 8 rings (SSSR count). The van der Waals surface area contributed by atoms with Crippen LogP contribution in [0.4, 0.5) is 0 Å². The van der Waals surface area contributed by atoms with Crippen molar-refractivity contribution >= 4 is 5.97 Å². The van der Waals surface area contributed by atoms with Gasteiger partial charge in [0.1, 0.15) is 0 Å². The SMILES string of the molecule is CC(=O)O[C@@H](C1CC[C@H]2C(O1)[C@H](O)[C@@]1(C)C3CC[C@H]4C(C)(C)[C@@H](O[C@@]5(C)CN([C@@H](C)C6=C/C=C\C=C/C=C\6)CCO5)CC[C@@]45[C@@H](C)[C@@]35CC[C@]21C)C(C)(C)O. The molecule has 5 saturated carbocycles. The Hall–Kier alpha value is -1.81. The number of hydrogen-bond donors (Lipinski definition) is 2. The van der Waals surface area contributed by atoms with E-state index in [0.717, 1.165) is 45.2 Å². The molecule has 306 valence electrons. The molecule has 15 atom stereocenters. The fraction of sp³-hybridized carbons (Fsp3) is 0.809. The maximum atomic E-state index is 12.7. The van der Waals surface area contributed by atoms with E-state index in [-0.39, 0.29) is 51.2 Å². The summed E-state index contributed by atoms with van der Waals surface area (Å²) in [6.07, 6.45) is 21.2. The van der Waals surface area contributed by atoms with Crippen LogP contribution in [0.5, 0.6) is 0 Å². The molecule has 2 heterocycles. The quantitative estimate of drug-likeness (QED) is 0.253. The minimum Gasteiger partial charge on any atom is -0.457 e. The van der Waals surface area contributed by atoms with E-state index < -0.39 is 35.7 Å². The van der Waals surface area contributed by atoms with Crippen LogP contribution in [0.25, 0.3) is 0 Å². The molecule has 0 aromatic heterocycles. The third-order valence-electron chi connectivity index (χ3n) is 18.2. The fourth-order valence-corrected chi connectivity index (χ4v) is 15.4. The highest BCUT2D eigenvalue weighted by Crippen LogP contribution is 2.91. The van der Waals surface area contributed by atoms with Crippen molar-refractivity contribution in [1.82, 2.24) is 4.90 Å². The highest BCUT2D eigenvalue weighted by Gasteiger charge is 2.87. The van der Waals surface area contributed by atoms with Gasteiger partial charge in [0.2, 0.25) is 0 Å². The first-order valence-electron chi connectivity index (χ1n) is 21.8. The molecule has 8 nitrogen and oxygen atoms in total. The van der Waals surface area contributed by atoms with E-state index in [0.29, 0.717) is 30.8 Å². The number of carbonyl (C=O) groups is 1. The summed E-state index contributed by atoms with van der Waals surface area (Å²) in [5, 5.41) is 23.7. The molecule has 7 fully saturated rings. The normalized spacial score (nSPS) is 51.2. The fourth-order valence-electron chi connectivity index (χ4n) is 15.4. The molecule has 8 heteroatoms. The second-order valence-corrected chi connectivity index (χ2v) is 21.0. The molecule has 55 heavy (non-hydrogen) atoms. The Morgan fingerprint density at radius 1 is 0.945 bits per heavy atom. The number of esters is 1. The minimum atomic E-state index is -1.25. The molecular weight excluding hydrogens is 691 g/mol. The summed E-state index contributed by atoms with van der Waals surface area (Å²) in [6, 6.07) is 0.255. The topological polar surface area (TPSA) is 97.7 Å². The van der Waals surface area contributed by atoms with E-state index in [1.165, 1.54) is 25.3 Å². The lowest BCUT2D eigenvalue weighted by molar-refractivity contribution is -0.305. The van der Waals surface area contributed by atoms with Crippen LogP contribution in [0.2, 0.25) is 0 Å². The molecule has 2 spiro atoms. The van der Waals surface area contributed by atoms with Gasteiger partial charge >= 0.3 is 5.97 Å². The molecule has 0 aromatic rings. The van der Waals surface area contributed by atoms with Crippen LogP contribution in [-0.4, -0.2) is 88.7 Å². The van der Waals surface area contributed by atoms with Crippen LogP contribution in [0.15, 0.2) is 48.1 Å². The first kappa shape index (κ1) is 40.0. The van der Waals surface area contributed by atoms with Crippen LogP contribution in [0, 0.1) is 50.7 Å². The summed E-state index contributed by atoms with van der Waals surface area (Å²) in [6.45, 7) is 23.9. The Morgan fingerprint density at radius 2 is 1.64 bits per heavy atom. The molecule has 2 saturated heterocycles.